The summed E-state index contributed by atoms with van der Waals surface area (Å²) in [5.41, 5.74) is -0.846. The fourth-order valence-electron chi connectivity index (χ4n) is 3.17. The Bertz CT molecular complexity index is 994. The number of alkyl halides is 3. The van der Waals surface area contributed by atoms with Gasteiger partial charge in [-0.1, -0.05) is 0 Å². The van der Waals surface area contributed by atoms with Crippen LogP contribution in [0.3, 0.4) is 0 Å². The lowest BCUT2D eigenvalue weighted by Crippen LogP contribution is -2.35. The summed E-state index contributed by atoms with van der Waals surface area (Å²) in [7, 11) is 1.55. The highest BCUT2D eigenvalue weighted by atomic mass is 19.4. The zero-order valence-electron chi connectivity index (χ0n) is 14.8. The van der Waals surface area contributed by atoms with Crippen LogP contribution in [0, 0.1) is 0 Å². The van der Waals surface area contributed by atoms with Gasteiger partial charge in [0.15, 0.2) is 17.8 Å². The Balaban J connectivity index is 1.77. The van der Waals surface area contributed by atoms with Gasteiger partial charge in [0.1, 0.15) is 0 Å². The highest BCUT2D eigenvalue weighted by Gasteiger charge is 2.34. The van der Waals surface area contributed by atoms with Crippen LogP contribution >= 0.6 is 0 Å². The van der Waals surface area contributed by atoms with Crippen LogP contribution in [0.5, 0.6) is 0 Å². The molecule has 1 atom stereocenters. The number of amides is 1. The van der Waals surface area contributed by atoms with Gasteiger partial charge < -0.3 is 14.1 Å². The number of likely N-dealkylation sites (N-methyl/N-ethyl adjacent to an activating group) is 1. The number of rotatable bonds is 4. The van der Waals surface area contributed by atoms with E-state index in [4.69, 9.17) is 9.15 Å². The molecule has 0 saturated carbocycles. The van der Waals surface area contributed by atoms with Gasteiger partial charge in [-0.3, -0.25) is 9.20 Å². The molecular weight excluding hydrogens is 379 g/mol. The Labute approximate surface area is 156 Å². The van der Waals surface area contributed by atoms with Crippen molar-refractivity contribution in [2.45, 2.75) is 25.1 Å². The van der Waals surface area contributed by atoms with Gasteiger partial charge in [0.25, 0.3) is 5.91 Å². The molecule has 3 aromatic rings. The molecule has 0 aliphatic carbocycles. The summed E-state index contributed by atoms with van der Waals surface area (Å²) in [6.45, 7) is 0.956. The van der Waals surface area contributed by atoms with E-state index in [1.54, 1.807) is 7.05 Å². The van der Waals surface area contributed by atoms with Gasteiger partial charge in [-0.25, -0.2) is 4.98 Å². The number of fused-ring (bicyclic) bond motifs is 1. The van der Waals surface area contributed by atoms with Gasteiger partial charge >= 0.3 is 6.18 Å². The number of ether oxygens (including phenoxy) is 1. The van der Waals surface area contributed by atoms with E-state index in [0.717, 1.165) is 35.9 Å². The lowest BCUT2D eigenvalue weighted by molar-refractivity contribution is -0.137. The van der Waals surface area contributed by atoms with Crippen LogP contribution in [0.1, 0.15) is 29.0 Å². The van der Waals surface area contributed by atoms with Crippen LogP contribution < -0.4 is 0 Å². The van der Waals surface area contributed by atoms with Gasteiger partial charge in [0, 0.05) is 26.4 Å². The molecule has 28 heavy (non-hydrogen) atoms. The number of hydrogen-bond acceptors (Lipinski definition) is 6. The summed E-state index contributed by atoms with van der Waals surface area (Å²) in [4.78, 5) is 17.9. The molecule has 1 unspecified atom stereocenters. The van der Waals surface area contributed by atoms with E-state index in [1.165, 1.54) is 11.1 Å². The number of halogens is 3. The topological polar surface area (TPSA) is 85.8 Å². The van der Waals surface area contributed by atoms with Gasteiger partial charge in [0.2, 0.25) is 5.82 Å². The molecule has 4 heterocycles. The lowest BCUT2D eigenvalue weighted by atomic mass is 10.1. The molecule has 4 rings (SSSR count). The van der Waals surface area contributed by atoms with Gasteiger partial charge in [-0.2, -0.15) is 13.2 Å². The third-order valence-electron chi connectivity index (χ3n) is 4.57. The van der Waals surface area contributed by atoms with E-state index < -0.39 is 17.6 Å². The molecule has 0 bridgehead atoms. The molecule has 0 radical (unpaired) electrons. The maximum absolute atomic E-state index is 13.4. The highest BCUT2D eigenvalue weighted by Crippen LogP contribution is 2.34. The van der Waals surface area contributed by atoms with Crippen molar-refractivity contribution in [2.75, 3.05) is 20.2 Å². The number of carbonyl (C=O) groups is 1. The van der Waals surface area contributed by atoms with Crippen molar-refractivity contribution in [3.05, 3.63) is 36.2 Å². The van der Waals surface area contributed by atoms with Crippen molar-refractivity contribution >= 4 is 11.6 Å². The van der Waals surface area contributed by atoms with Crippen molar-refractivity contribution < 1.29 is 27.1 Å². The predicted octanol–water partition coefficient (Wildman–Crippen LogP) is 2.65. The van der Waals surface area contributed by atoms with E-state index in [9.17, 15) is 18.0 Å². The van der Waals surface area contributed by atoms with Crippen LogP contribution in [0.4, 0.5) is 13.2 Å². The van der Waals surface area contributed by atoms with E-state index in [1.807, 2.05) is 0 Å². The summed E-state index contributed by atoms with van der Waals surface area (Å²) in [6, 6.07) is 0.898. The molecule has 1 amide bonds. The minimum atomic E-state index is -4.63. The molecule has 3 aromatic heterocycles. The maximum Gasteiger partial charge on any atom is 0.417 e. The number of pyridine rings is 1. The second kappa shape index (κ2) is 6.89. The molecule has 1 fully saturated rings. The average molecular weight is 395 g/mol. The zero-order valence-corrected chi connectivity index (χ0v) is 14.8. The molecule has 1 aliphatic heterocycles. The Morgan fingerprint density at radius 3 is 2.86 bits per heavy atom. The maximum atomic E-state index is 13.4. The summed E-state index contributed by atoms with van der Waals surface area (Å²) < 4.78 is 51.9. The van der Waals surface area contributed by atoms with Crippen molar-refractivity contribution in [2.24, 2.45) is 0 Å². The van der Waals surface area contributed by atoms with E-state index in [0.29, 0.717) is 13.2 Å². The van der Waals surface area contributed by atoms with Crippen LogP contribution in [0.2, 0.25) is 0 Å². The average Bonchev–Trinajstić information content (AvgIpc) is 3.40. The first-order chi connectivity index (χ1) is 13.3. The number of oxazole rings is 1. The Kier molecular flexibility index (Phi) is 4.53. The smallest absolute Gasteiger partial charge is 0.417 e. The Morgan fingerprint density at radius 2 is 2.21 bits per heavy atom. The van der Waals surface area contributed by atoms with Crippen molar-refractivity contribution in [1.29, 1.82) is 0 Å². The summed E-state index contributed by atoms with van der Waals surface area (Å²) in [5.74, 6) is -0.677. The third kappa shape index (κ3) is 3.33. The normalized spacial score (nSPS) is 17.4. The van der Waals surface area contributed by atoms with Crippen molar-refractivity contribution in [3.8, 4) is 11.3 Å². The quantitative estimate of drug-likeness (QED) is 0.675. The number of hydrogen-bond donors (Lipinski definition) is 0. The minimum absolute atomic E-state index is 0.0423. The minimum Gasteiger partial charge on any atom is -0.443 e. The monoisotopic (exact) mass is 395 g/mol. The lowest BCUT2D eigenvalue weighted by Gasteiger charge is -2.20. The molecule has 148 valence electrons. The number of nitrogens with zero attached hydrogens (tertiary/aromatic N) is 5. The molecule has 8 nitrogen and oxygen atoms in total. The number of aromatic nitrogens is 4. The van der Waals surface area contributed by atoms with Crippen LogP contribution in [0.15, 0.2) is 29.3 Å². The first-order valence-corrected chi connectivity index (χ1v) is 8.56. The molecule has 0 aromatic carbocycles. The van der Waals surface area contributed by atoms with Crippen molar-refractivity contribution in [3.63, 3.8) is 0 Å². The number of carbonyl (C=O) groups excluding carboxylic acids is 1. The molecule has 0 spiro atoms. The Hall–Kier alpha value is -2.95. The second-order valence-electron chi connectivity index (χ2n) is 6.54. The van der Waals surface area contributed by atoms with E-state index in [2.05, 4.69) is 15.2 Å². The summed E-state index contributed by atoms with van der Waals surface area (Å²) in [5, 5.41) is 7.75. The second-order valence-corrected chi connectivity index (χ2v) is 6.54. The molecular formula is C17H16F3N5O3. The fourth-order valence-corrected chi connectivity index (χ4v) is 3.17. The molecule has 1 aliphatic rings. The van der Waals surface area contributed by atoms with Gasteiger partial charge in [0.05, 0.1) is 23.4 Å². The van der Waals surface area contributed by atoms with Crippen LogP contribution in [-0.2, 0) is 10.9 Å². The molecule has 1 saturated heterocycles. The summed E-state index contributed by atoms with van der Waals surface area (Å²) in [6.07, 6.45) is 0.199. The van der Waals surface area contributed by atoms with E-state index in [-0.39, 0.29) is 28.9 Å². The Morgan fingerprint density at radius 1 is 1.39 bits per heavy atom. The molecule has 0 N–H and O–H groups in total. The predicted molar refractivity (Wildman–Crippen MR) is 89.4 cm³/mol. The standard InChI is InChI=1S/C17H16F3N5O3/c1-24(8-11-3-2-4-27-11)16(26)15-23-22-14-12(13-6-21-9-28-13)5-10(7-25(14)15)17(18,19)20/h5-7,9,11H,2-4,8H2,1H3. The largest absolute Gasteiger partial charge is 0.443 e. The SMILES string of the molecule is CN(CC1CCCO1)C(=O)c1nnc2c(-c3cnco3)cc(C(F)(F)F)cn12. The molecule has 11 heteroatoms. The fraction of sp³-hybridized carbons (Fsp3) is 0.412. The van der Waals surface area contributed by atoms with Crippen LogP contribution in [0.25, 0.3) is 17.0 Å². The summed E-state index contributed by atoms with van der Waals surface area (Å²) >= 11 is 0. The zero-order chi connectivity index (χ0) is 19.9. The van der Waals surface area contributed by atoms with Gasteiger partial charge in [-0.05, 0) is 18.9 Å². The highest BCUT2D eigenvalue weighted by molar-refractivity contribution is 5.92. The first-order valence-electron chi connectivity index (χ1n) is 8.56. The third-order valence-corrected chi connectivity index (χ3v) is 4.57. The van der Waals surface area contributed by atoms with Crippen LogP contribution in [-0.4, -0.2) is 56.7 Å². The van der Waals surface area contributed by atoms with E-state index >= 15 is 0 Å². The first kappa shape index (κ1) is 18.4. The van der Waals surface area contributed by atoms with Crippen molar-refractivity contribution in [1.82, 2.24) is 24.5 Å². The van der Waals surface area contributed by atoms with Gasteiger partial charge in [-0.15, -0.1) is 10.2 Å².